The van der Waals surface area contributed by atoms with Crippen molar-refractivity contribution in [3.63, 3.8) is 0 Å². The van der Waals surface area contributed by atoms with Crippen molar-refractivity contribution in [3.05, 3.63) is 166 Å². The number of rotatable bonds is 22. The van der Waals surface area contributed by atoms with E-state index in [1.807, 2.05) is 71.6 Å². The van der Waals surface area contributed by atoms with E-state index in [9.17, 15) is 9.59 Å². The number of hydrogen-bond donors (Lipinski definition) is 0. The minimum absolute atomic E-state index is 0.244. The van der Waals surface area contributed by atoms with Crippen LogP contribution in [-0.4, -0.2) is 61.2 Å². The van der Waals surface area contributed by atoms with E-state index in [1.54, 1.807) is 12.1 Å². The first-order valence-electron chi connectivity index (χ1n) is 21.4. The van der Waals surface area contributed by atoms with Gasteiger partial charge in [0.1, 0.15) is 19.8 Å². The Hall–Kier alpha value is -5.60. The summed E-state index contributed by atoms with van der Waals surface area (Å²) in [5.41, 5.74) is 7.44. The van der Waals surface area contributed by atoms with Crippen molar-refractivity contribution in [2.24, 2.45) is 0 Å². The lowest BCUT2D eigenvalue weighted by Gasteiger charge is -2.36. The molecule has 0 radical (unpaired) electrons. The summed E-state index contributed by atoms with van der Waals surface area (Å²) in [6.45, 7) is 6.84. The third kappa shape index (κ3) is 13.2. The molecule has 0 spiro atoms. The molecule has 5 aromatic rings. The van der Waals surface area contributed by atoms with E-state index in [4.69, 9.17) is 18.9 Å². The topological polar surface area (TPSA) is 77.5 Å². The summed E-state index contributed by atoms with van der Waals surface area (Å²) in [5, 5.41) is 0. The van der Waals surface area contributed by atoms with Crippen LogP contribution in [0.15, 0.2) is 127 Å². The molecule has 1 amide bonds. The average molecular weight is 797 g/mol. The molecule has 5 aromatic carbocycles. The number of nitrogens with zero attached hydrogens (tertiary/aromatic N) is 2. The Bertz CT molecular complexity index is 2010. The number of carbonyl (C=O) groups is 2. The minimum atomic E-state index is -0.359. The van der Waals surface area contributed by atoms with E-state index >= 15 is 0 Å². The molecule has 1 aliphatic rings. The van der Waals surface area contributed by atoms with E-state index < -0.39 is 0 Å². The highest BCUT2D eigenvalue weighted by Crippen LogP contribution is 2.39. The highest BCUT2D eigenvalue weighted by molar-refractivity contribution is 5.89. The summed E-state index contributed by atoms with van der Waals surface area (Å²) < 4.78 is 23.6. The number of fused-ring (bicyclic) bond motifs is 1. The number of benzene rings is 5. The summed E-state index contributed by atoms with van der Waals surface area (Å²) in [4.78, 5) is 29.7. The molecule has 0 fully saturated rings. The van der Waals surface area contributed by atoms with E-state index in [-0.39, 0.29) is 18.7 Å². The van der Waals surface area contributed by atoms with Gasteiger partial charge >= 0.3 is 12.1 Å². The van der Waals surface area contributed by atoms with Crippen LogP contribution in [0, 0.1) is 0 Å². The molecule has 59 heavy (non-hydrogen) atoms. The number of ether oxygens (including phenoxy) is 4. The fraction of sp³-hybridized carbons (Fsp3) is 0.373. The van der Waals surface area contributed by atoms with Crippen molar-refractivity contribution < 1.29 is 28.5 Å². The lowest BCUT2D eigenvalue weighted by molar-refractivity contribution is 0.0600. The van der Waals surface area contributed by atoms with E-state index in [2.05, 4.69) is 60.4 Å². The maximum atomic E-state index is 13.3. The lowest BCUT2D eigenvalue weighted by atomic mass is 9.86. The molecule has 0 N–H and O–H groups in total. The molecule has 0 saturated heterocycles. The predicted molar refractivity (Wildman–Crippen MR) is 234 cm³/mol. The molecule has 6 rings (SSSR count). The SMILES string of the molecule is CCCN(CCCCCCN(CCc1ccc(C(=O)OC)cc1)C(=O)OCc1ccccc1)C1CCc2c(ccc(OCc3ccccc3)c2OCc2ccccc2)C1. The van der Waals surface area contributed by atoms with Crippen molar-refractivity contribution >= 4 is 12.1 Å². The van der Waals surface area contributed by atoms with E-state index in [1.165, 1.54) is 18.2 Å². The zero-order chi connectivity index (χ0) is 41.1. The number of methoxy groups -OCH3 is 1. The first-order chi connectivity index (χ1) is 29.0. The Morgan fingerprint density at radius 1 is 0.627 bits per heavy atom. The third-order valence-electron chi connectivity index (χ3n) is 11.1. The summed E-state index contributed by atoms with van der Waals surface area (Å²) in [5.74, 6) is 1.34. The van der Waals surface area contributed by atoms with Crippen LogP contribution >= 0.6 is 0 Å². The maximum absolute atomic E-state index is 13.3. The number of carbonyl (C=O) groups excluding carboxylic acids is 2. The van der Waals surface area contributed by atoms with Gasteiger partial charge in [0, 0.05) is 24.7 Å². The minimum Gasteiger partial charge on any atom is -0.485 e. The Balaban J connectivity index is 1.02. The first kappa shape index (κ1) is 43.0. The van der Waals surface area contributed by atoms with Gasteiger partial charge < -0.3 is 28.7 Å². The summed E-state index contributed by atoms with van der Waals surface area (Å²) in [7, 11) is 1.38. The highest BCUT2D eigenvalue weighted by atomic mass is 16.6. The van der Waals surface area contributed by atoms with Crippen LogP contribution < -0.4 is 9.47 Å². The van der Waals surface area contributed by atoms with Gasteiger partial charge in [-0.25, -0.2) is 9.59 Å². The van der Waals surface area contributed by atoms with Gasteiger partial charge in [0.25, 0.3) is 0 Å². The standard InChI is InChI=1S/C51H60N2O6/c1-3-32-52(46-28-29-47-45(36-46)27-30-48(57-37-41-17-9-6-10-18-41)49(47)58-38-42-19-11-7-12-20-42)33-15-4-5-16-34-53(51(55)59-39-43-21-13-8-14-22-43)35-31-40-23-25-44(26-24-40)50(54)56-2/h6-14,17-27,30,46H,3-5,15-16,28-29,31-39H2,1-2H3. The molecule has 1 atom stereocenters. The average Bonchev–Trinajstić information content (AvgIpc) is 3.29. The van der Waals surface area contributed by atoms with E-state index in [0.29, 0.717) is 44.3 Å². The van der Waals surface area contributed by atoms with Crippen LogP contribution in [0.2, 0.25) is 0 Å². The van der Waals surface area contributed by atoms with Crippen molar-refractivity contribution in [2.75, 3.05) is 33.3 Å². The molecule has 0 heterocycles. The van der Waals surface area contributed by atoms with Crippen molar-refractivity contribution in [2.45, 2.75) is 90.6 Å². The van der Waals surface area contributed by atoms with Gasteiger partial charge in [-0.1, -0.05) is 129 Å². The molecule has 1 aliphatic carbocycles. The van der Waals surface area contributed by atoms with Crippen LogP contribution in [0.3, 0.4) is 0 Å². The molecular formula is C51H60N2O6. The smallest absolute Gasteiger partial charge is 0.410 e. The van der Waals surface area contributed by atoms with Crippen molar-refractivity contribution in [1.29, 1.82) is 0 Å². The third-order valence-corrected chi connectivity index (χ3v) is 11.1. The second kappa shape index (κ2) is 23.1. The second-order valence-electron chi connectivity index (χ2n) is 15.4. The van der Waals surface area contributed by atoms with E-state index in [0.717, 1.165) is 98.2 Å². The fourth-order valence-corrected chi connectivity index (χ4v) is 7.86. The zero-order valence-electron chi connectivity index (χ0n) is 34.9. The van der Waals surface area contributed by atoms with Gasteiger partial charge in [0.05, 0.1) is 12.7 Å². The van der Waals surface area contributed by atoms with Gasteiger partial charge in [0.2, 0.25) is 0 Å². The molecule has 0 aromatic heterocycles. The van der Waals surface area contributed by atoms with Gasteiger partial charge in [-0.2, -0.15) is 0 Å². The second-order valence-corrected chi connectivity index (χ2v) is 15.4. The van der Waals surface area contributed by atoms with Crippen molar-refractivity contribution in [1.82, 2.24) is 9.80 Å². The Labute approximate surface area is 351 Å². The van der Waals surface area contributed by atoms with Gasteiger partial charge in [-0.3, -0.25) is 0 Å². The maximum Gasteiger partial charge on any atom is 0.410 e. The molecule has 8 heteroatoms. The quantitative estimate of drug-likeness (QED) is 0.0510. The summed E-state index contributed by atoms with van der Waals surface area (Å²) in [6, 6.07) is 42.7. The van der Waals surface area contributed by atoms with Crippen LogP contribution in [0.4, 0.5) is 4.79 Å². The van der Waals surface area contributed by atoms with Crippen LogP contribution in [0.25, 0.3) is 0 Å². The fourth-order valence-electron chi connectivity index (χ4n) is 7.86. The Morgan fingerprint density at radius 3 is 1.86 bits per heavy atom. The summed E-state index contributed by atoms with van der Waals surface area (Å²) in [6.07, 6.45) is 8.70. The Morgan fingerprint density at radius 2 is 1.24 bits per heavy atom. The molecule has 8 nitrogen and oxygen atoms in total. The molecule has 310 valence electrons. The molecule has 1 unspecified atom stereocenters. The number of hydrogen-bond acceptors (Lipinski definition) is 7. The van der Waals surface area contributed by atoms with Crippen LogP contribution in [0.5, 0.6) is 11.5 Å². The monoisotopic (exact) mass is 796 g/mol. The predicted octanol–water partition coefficient (Wildman–Crippen LogP) is 10.6. The molecular weight excluding hydrogens is 737 g/mol. The van der Waals surface area contributed by atoms with Gasteiger partial charge in [-0.15, -0.1) is 0 Å². The first-order valence-corrected chi connectivity index (χ1v) is 21.4. The molecule has 0 saturated carbocycles. The van der Waals surface area contributed by atoms with Crippen molar-refractivity contribution in [3.8, 4) is 11.5 Å². The lowest BCUT2D eigenvalue weighted by Crippen LogP contribution is -2.40. The zero-order valence-corrected chi connectivity index (χ0v) is 34.9. The van der Waals surface area contributed by atoms with Gasteiger partial charge in [0.15, 0.2) is 11.5 Å². The number of unbranched alkanes of at least 4 members (excludes halogenated alkanes) is 3. The Kier molecular flexibility index (Phi) is 16.8. The largest absolute Gasteiger partial charge is 0.485 e. The normalized spacial score (nSPS) is 13.4. The summed E-state index contributed by atoms with van der Waals surface area (Å²) >= 11 is 0. The van der Waals surface area contributed by atoms with Crippen LogP contribution in [0.1, 0.15) is 89.2 Å². The number of amides is 1. The molecule has 0 aliphatic heterocycles. The highest BCUT2D eigenvalue weighted by Gasteiger charge is 2.28. The number of esters is 1. The van der Waals surface area contributed by atoms with Crippen LogP contribution in [-0.2, 0) is 48.6 Å². The molecule has 0 bridgehead atoms. The van der Waals surface area contributed by atoms with Gasteiger partial charge in [-0.05, 0) is 104 Å².